The van der Waals surface area contributed by atoms with Gasteiger partial charge in [-0.05, 0) is 38.5 Å². The summed E-state index contributed by atoms with van der Waals surface area (Å²) in [7, 11) is 0. The van der Waals surface area contributed by atoms with Crippen molar-refractivity contribution in [3.8, 4) is 0 Å². The number of nitrogens with one attached hydrogen (secondary N) is 1. The maximum absolute atomic E-state index is 14.4. The van der Waals surface area contributed by atoms with Gasteiger partial charge in [-0.15, -0.1) is 0 Å². The molecule has 0 aliphatic heterocycles. The third-order valence-corrected chi connectivity index (χ3v) is 16.0. The minimum absolute atomic E-state index is 0.0156. The van der Waals surface area contributed by atoms with Crippen LogP contribution >= 0.6 is 0 Å². The third-order valence-electron chi connectivity index (χ3n) is 16.0. The van der Waals surface area contributed by atoms with E-state index in [1.807, 2.05) is 0 Å². The fraction of sp³-hybridized carbons (Fsp3) is 0.952. The number of amides is 3. The second kappa shape index (κ2) is 51.3. The van der Waals surface area contributed by atoms with Crippen LogP contribution in [0.5, 0.6) is 0 Å². The summed E-state index contributed by atoms with van der Waals surface area (Å²) in [6, 6.07) is 0. The fourth-order valence-corrected chi connectivity index (χ4v) is 11.3. The quantitative estimate of drug-likeness (QED) is 0.0595. The Morgan fingerprint density at radius 3 is 0.841 bits per heavy atom. The molecule has 3 N–H and O–H groups in total. The van der Waals surface area contributed by atoms with Crippen molar-refractivity contribution in [2.24, 2.45) is 23.5 Å². The summed E-state index contributed by atoms with van der Waals surface area (Å²) in [5.74, 6) is -1.21. The molecule has 408 valence electrons. The number of carbonyl (C=O) groups is 3. The van der Waals surface area contributed by atoms with Crippen LogP contribution in [0.4, 0.5) is 0 Å². The van der Waals surface area contributed by atoms with Gasteiger partial charge < -0.3 is 16.0 Å². The lowest BCUT2D eigenvalue weighted by Crippen LogP contribution is -2.45. The molecular formula is C63H123N3O3. The molecule has 1 unspecified atom stereocenters. The van der Waals surface area contributed by atoms with E-state index >= 15 is 0 Å². The van der Waals surface area contributed by atoms with Crippen molar-refractivity contribution in [3.63, 3.8) is 0 Å². The number of nitrogens with zero attached hydrogens (tertiary/aromatic N) is 1. The van der Waals surface area contributed by atoms with Gasteiger partial charge in [-0.3, -0.25) is 14.4 Å². The van der Waals surface area contributed by atoms with E-state index in [1.165, 1.54) is 283 Å². The van der Waals surface area contributed by atoms with E-state index in [4.69, 9.17) is 5.73 Å². The first-order valence-corrected chi connectivity index (χ1v) is 31.8. The molecule has 0 spiro atoms. The first-order valence-electron chi connectivity index (χ1n) is 31.8. The summed E-state index contributed by atoms with van der Waals surface area (Å²) in [6.07, 6.45) is 65.7. The highest BCUT2D eigenvalue weighted by Gasteiger charge is 2.39. The van der Waals surface area contributed by atoms with Crippen LogP contribution in [0.25, 0.3) is 0 Å². The van der Waals surface area contributed by atoms with Gasteiger partial charge in [0.1, 0.15) is 0 Å². The zero-order valence-corrected chi connectivity index (χ0v) is 47.2. The van der Waals surface area contributed by atoms with E-state index in [9.17, 15) is 14.4 Å². The molecule has 1 aliphatic carbocycles. The Kier molecular flexibility index (Phi) is 48.7. The predicted octanol–water partition coefficient (Wildman–Crippen LogP) is 19.2. The molecule has 1 aliphatic rings. The Bertz CT molecular complexity index is 1080. The minimum Gasteiger partial charge on any atom is -0.369 e. The Hall–Kier alpha value is -1.59. The maximum atomic E-state index is 14.4. The summed E-state index contributed by atoms with van der Waals surface area (Å²) >= 11 is 0. The first kappa shape index (κ1) is 65.4. The molecule has 1 fully saturated rings. The van der Waals surface area contributed by atoms with Crippen LogP contribution in [-0.4, -0.2) is 42.3 Å². The van der Waals surface area contributed by atoms with Gasteiger partial charge in [-0.25, -0.2) is 0 Å². The molecule has 6 heteroatoms. The summed E-state index contributed by atoms with van der Waals surface area (Å²) < 4.78 is 0. The van der Waals surface area contributed by atoms with E-state index in [0.717, 1.165) is 38.8 Å². The van der Waals surface area contributed by atoms with Gasteiger partial charge in [-0.1, -0.05) is 310 Å². The van der Waals surface area contributed by atoms with Gasteiger partial charge in [0.05, 0.1) is 0 Å². The lowest BCUT2D eigenvalue weighted by Gasteiger charge is -2.35. The fourth-order valence-electron chi connectivity index (χ4n) is 11.3. The third kappa shape index (κ3) is 41.6. The number of hydrogen-bond donors (Lipinski definition) is 2. The summed E-state index contributed by atoms with van der Waals surface area (Å²) in [4.78, 5) is 42.7. The highest BCUT2D eigenvalue weighted by molar-refractivity contribution is 5.85. The van der Waals surface area contributed by atoms with Gasteiger partial charge in [0, 0.05) is 37.4 Å². The average molecular weight is 971 g/mol. The summed E-state index contributed by atoms with van der Waals surface area (Å²) in [5.41, 5.74) is 5.92. The molecular weight excluding hydrogens is 847 g/mol. The van der Waals surface area contributed by atoms with Gasteiger partial charge >= 0.3 is 0 Å². The van der Waals surface area contributed by atoms with Gasteiger partial charge in [0.2, 0.25) is 17.7 Å². The van der Waals surface area contributed by atoms with Crippen LogP contribution in [-0.2, 0) is 14.4 Å². The van der Waals surface area contributed by atoms with E-state index < -0.39 is 5.92 Å². The van der Waals surface area contributed by atoms with Gasteiger partial charge in [0.25, 0.3) is 0 Å². The Labute approximate surface area is 431 Å². The highest BCUT2D eigenvalue weighted by Crippen LogP contribution is 2.35. The molecule has 0 bridgehead atoms. The normalized spacial score (nSPS) is 16.0. The van der Waals surface area contributed by atoms with Crippen molar-refractivity contribution in [2.45, 2.75) is 348 Å². The lowest BCUT2D eigenvalue weighted by atomic mass is 9.74. The van der Waals surface area contributed by atoms with Crippen LogP contribution < -0.4 is 11.1 Å². The number of unbranched alkanes of at least 4 members (excludes halogenated alkanes) is 45. The molecule has 3 amide bonds. The molecule has 0 aromatic carbocycles. The Morgan fingerprint density at radius 1 is 0.333 bits per heavy atom. The first-order chi connectivity index (χ1) is 33.9. The molecule has 0 radical (unpaired) electrons. The van der Waals surface area contributed by atoms with Crippen molar-refractivity contribution in [3.05, 3.63) is 0 Å². The monoisotopic (exact) mass is 970 g/mol. The molecule has 0 heterocycles. The smallest absolute Gasteiger partial charge is 0.225 e. The van der Waals surface area contributed by atoms with Crippen LogP contribution in [0.2, 0.25) is 0 Å². The van der Waals surface area contributed by atoms with Gasteiger partial charge in [-0.2, -0.15) is 0 Å². The largest absolute Gasteiger partial charge is 0.369 e. The Morgan fingerprint density at radius 2 is 0.565 bits per heavy atom. The second-order valence-corrected chi connectivity index (χ2v) is 22.7. The molecule has 1 saturated carbocycles. The Balaban J connectivity index is 2.47. The standard InChI is InChI=1S/C63H123N3O3/c1-4-7-10-13-16-19-22-25-28-31-34-37-40-43-46-49-52-65-62(68)59-55-58(61(64)67)56-60(57-59)63(69)66(53-50-47-44-41-38-35-32-29-26-23-20-17-14-11-8-5-2)54-51-48-45-42-39-36-33-30-27-24-21-18-15-12-9-6-3/h58-60H,4-57H2,1-3H3,(H2,64,67)(H,65,68)/t58?,59-,60+/m0/s1. The van der Waals surface area contributed by atoms with Crippen molar-refractivity contribution in [1.29, 1.82) is 0 Å². The molecule has 0 aromatic rings. The molecule has 0 aromatic heterocycles. The summed E-state index contributed by atoms with van der Waals surface area (Å²) in [5, 5.41) is 3.20. The molecule has 69 heavy (non-hydrogen) atoms. The number of hydrogen-bond acceptors (Lipinski definition) is 3. The van der Waals surface area contributed by atoms with E-state index in [2.05, 4.69) is 31.0 Å². The topological polar surface area (TPSA) is 92.5 Å². The number of primary amides is 1. The SMILES string of the molecule is CCCCCCCCCCCCCCCCCCNC(=O)[C@H]1CC(C(N)=O)C[C@@H](C(=O)N(CCCCCCCCCCCCCCCCCC)CCCCCCCCCCCCCCCCCC)C1. The van der Waals surface area contributed by atoms with Gasteiger partial charge in [0.15, 0.2) is 0 Å². The minimum atomic E-state index is -0.410. The second-order valence-electron chi connectivity index (χ2n) is 22.7. The van der Waals surface area contributed by atoms with Crippen LogP contribution in [0.15, 0.2) is 0 Å². The van der Waals surface area contributed by atoms with E-state index in [0.29, 0.717) is 25.8 Å². The zero-order chi connectivity index (χ0) is 49.9. The van der Waals surface area contributed by atoms with Crippen LogP contribution in [0.3, 0.4) is 0 Å². The van der Waals surface area contributed by atoms with E-state index in [-0.39, 0.29) is 29.6 Å². The van der Waals surface area contributed by atoms with E-state index in [1.54, 1.807) is 0 Å². The number of rotatable bonds is 54. The zero-order valence-electron chi connectivity index (χ0n) is 47.2. The van der Waals surface area contributed by atoms with Crippen molar-refractivity contribution in [2.75, 3.05) is 19.6 Å². The molecule has 0 saturated heterocycles. The molecule has 6 nitrogen and oxygen atoms in total. The van der Waals surface area contributed by atoms with Crippen molar-refractivity contribution < 1.29 is 14.4 Å². The van der Waals surface area contributed by atoms with Crippen molar-refractivity contribution in [1.82, 2.24) is 10.2 Å². The lowest BCUT2D eigenvalue weighted by molar-refractivity contribution is -0.140. The number of nitrogens with two attached hydrogens (primary N) is 1. The predicted molar refractivity (Wildman–Crippen MR) is 302 cm³/mol. The number of carbonyl (C=O) groups excluding carboxylic acids is 3. The average Bonchev–Trinajstić information content (AvgIpc) is 3.35. The molecule has 3 atom stereocenters. The van der Waals surface area contributed by atoms with Crippen LogP contribution in [0.1, 0.15) is 348 Å². The highest BCUT2D eigenvalue weighted by atomic mass is 16.2. The van der Waals surface area contributed by atoms with Crippen molar-refractivity contribution >= 4 is 17.7 Å². The maximum Gasteiger partial charge on any atom is 0.225 e. The van der Waals surface area contributed by atoms with Crippen LogP contribution in [0, 0.1) is 17.8 Å². The summed E-state index contributed by atoms with van der Waals surface area (Å²) in [6.45, 7) is 9.14. The molecule has 1 rings (SSSR count).